The Morgan fingerprint density at radius 1 is 1.03 bits per heavy atom. The lowest BCUT2D eigenvalue weighted by atomic mass is 9.87. The fraction of sp³-hybridized carbons (Fsp3) is 0.226. The van der Waals surface area contributed by atoms with Crippen LogP contribution in [0.15, 0.2) is 84.9 Å². The van der Waals surface area contributed by atoms with E-state index in [0.29, 0.717) is 41.3 Å². The van der Waals surface area contributed by atoms with Crippen LogP contribution in [-0.2, 0) is 16.1 Å². The van der Waals surface area contributed by atoms with E-state index in [9.17, 15) is 4.79 Å². The number of ether oxygens (including phenoxy) is 2. The number of nitrogens with zero attached hydrogens (tertiary/aromatic N) is 1. The minimum absolute atomic E-state index is 0.126. The third-order valence-electron chi connectivity index (χ3n) is 6.55. The van der Waals surface area contributed by atoms with Crippen molar-refractivity contribution in [2.75, 3.05) is 6.61 Å². The van der Waals surface area contributed by atoms with Crippen molar-refractivity contribution in [3.8, 4) is 28.3 Å². The number of nitrogens with one attached hydrogen (secondary N) is 1. The minimum atomic E-state index is -0.707. The van der Waals surface area contributed by atoms with E-state index in [1.807, 2.05) is 91.9 Å². The zero-order valence-electron chi connectivity index (χ0n) is 21.2. The van der Waals surface area contributed by atoms with Crippen LogP contribution in [0.5, 0.6) is 5.88 Å². The number of rotatable bonds is 7. The van der Waals surface area contributed by atoms with Crippen molar-refractivity contribution in [3.05, 3.63) is 106 Å². The Morgan fingerprint density at radius 2 is 1.74 bits per heavy atom. The molecule has 194 valence electrons. The number of carbonyl (C=O) groups is 1. The van der Waals surface area contributed by atoms with Crippen molar-refractivity contribution in [2.24, 2.45) is 0 Å². The van der Waals surface area contributed by atoms with Crippen molar-refractivity contribution >= 4 is 29.1 Å². The molecule has 38 heavy (non-hydrogen) atoms. The summed E-state index contributed by atoms with van der Waals surface area (Å²) in [6.07, 6.45) is 0.529. The first-order valence-corrected chi connectivity index (χ1v) is 13.2. The molecule has 3 aromatic carbocycles. The second-order valence-corrected chi connectivity index (χ2v) is 10.6. The normalized spacial score (nSPS) is 18.4. The van der Waals surface area contributed by atoms with Crippen LogP contribution in [0.3, 0.4) is 0 Å². The predicted molar refractivity (Wildman–Crippen MR) is 151 cm³/mol. The molecule has 5 nitrogen and oxygen atoms in total. The van der Waals surface area contributed by atoms with Gasteiger partial charge in [0.15, 0.2) is 0 Å². The van der Waals surface area contributed by atoms with Crippen molar-refractivity contribution < 1.29 is 14.3 Å². The number of hydrogen-bond acceptors (Lipinski definition) is 4. The quantitative estimate of drug-likeness (QED) is 0.258. The Morgan fingerprint density at radius 3 is 2.45 bits per heavy atom. The van der Waals surface area contributed by atoms with Crippen LogP contribution in [0.1, 0.15) is 37.4 Å². The SMILES string of the molecule is CC(=O)NC1CC(C)(COCc2ccccc2)Oc2nc(-c3ccccc3Cl)c(-c3ccc(Cl)cc3)cc21. The highest BCUT2D eigenvalue weighted by molar-refractivity contribution is 6.33. The first kappa shape index (κ1) is 26.2. The molecule has 7 heteroatoms. The number of carbonyl (C=O) groups excluding carboxylic acids is 1. The monoisotopic (exact) mass is 546 g/mol. The van der Waals surface area contributed by atoms with Crippen LogP contribution in [0.25, 0.3) is 22.4 Å². The smallest absolute Gasteiger partial charge is 0.219 e. The number of halogens is 2. The van der Waals surface area contributed by atoms with Gasteiger partial charge >= 0.3 is 0 Å². The number of hydrogen-bond donors (Lipinski definition) is 1. The van der Waals surface area contributed by atoms with E-state index in [1.165, 1.54) is 6.92 Å². The Bertz CT molecular complexity index is 1440. The first-order valence-electron chi connectivity index (χ1n) is 12.4. The average Bonchev–Trinajstić information content (AvgIpc) is 2.89. The van der Waals surface area contributed by atoms with Gasteiger partial charge in [-0.2, -0.15) is 0 Å². The van der Waals surface area contributed by atoms with Crippen molar-refractivity contribution in [1.29, 1.82) is 0 Å². The van der Waals surface area contributed by atoms with Crippen LogP contribution < -0.4 is 10.1 Å². The van der Waals surface area contributed by atoms with Gasteiger partial charge in [0.1, 0.15) is 5.60 Å². The molecule has 2 atom stereocenters. The minimum Gasteiger partial charge on any atom is -0.469 e. The average molecular weight is 547 g/mol. The van der Waals surface area contributed by atoms with E-state index in [2.05, 4.69) is 5.32 Å². The molecule has 1 aliphatic heterocycles. The van der Waals surface area contributed by atoms with Crippen molar-refractivity contribution in [3.63, 3.8) is 0 Å². The Balaban J connectivity index is 1.56. The maximum Gasteiger partial charge on any atom is 0.219 e. The maximum atomic E-state index is 12.2. The number of fused-ring (bicyclic) bond motifs is 1. The highest BCUT2D eigenvalue weighted by Gasteiger charge is 2.40. The highest BCUT2D eigenvalue weighted by atomic mass is 35.5. The maximum absolute atomic E-state index is 12.2. The molecule has 1 amide bonds. The van der Waals surface area contributed by atoms with Gasteiger partial charge in [-0.1, -0.05) is 83.9 Å². The fourth-order valence-electron chi connectivity index (χ4n) is 4.79. The summed E-state index contributed by atoms with van der Waals surface area (Å²) >= 11 is 12.8. The molecule has 2 heterocycles. The molecule has 1 aliphatic rings. The third kappa shape index (κ3) is 5.86. The summed E-state index contributed by atoms with van der Waals surface area (Å²) < 4.78 is 12.6. The molecule has 0 aliphatic carbocycles. The molecule has 0 bridgehead atoms. The van der Waals surface area contributed by atoms with E-state index in [1.54, 1.807) is 0 Å². The molecule has 5 rings (SSSR count). The van der Waals surface area contributed by atoms with Crippen LogP contribution in [0, 0.1) is 0 Å². The second kappa shape index (κ2) is 11.2. The summed E-state index contributed by atoms with van der Waals surface area (Å²) in [4.78, 5) is 17.2. The highest BCUT2D eigenvalue weighted by Crippen LogP contribution is 2.44. The van der Waals surface area contributed by atoms with E-state index in [-0.39, 0.29) is 11.9 Å². The standard InChI is InChI=1S/C31H28Cl2N2O3/c1-20(36)34-28-17-31(2,19-37-18-21-8-4-3-5-9-21)38-30-26(28)16-25(22-12-14-23(32)15-13-22)29(35-30)24-10-6-7-11-27(24)33/h3-16,28H,17-19H2,1-2H3,(H,34,36). The zero-order chi connectivity index (χ0) is 26.7. The molecule has 1 aromatic heterocycles. The molecule has 0 saturated heterocycles. The molecule has 2 unspecified atom stereocenters. The van der Waals surface area contributed by atoms with Crippen LogP contribution in [-0.4, -0.2) is 23.1 Å². The fourth-order valence-corrected chi connectivity index (χ4v) is 5.14. The molecular weight excluding hydrogens is 519 g/mol. The molecule has 0 fully saturated rings. The summed E-state index contributed by atoms with van der Waals surface area (Å²) in [7, 11) is 0. The van der Waals surface area contributed by atoms with Gasteiger partial charge in [-0.05, 0) is 42.3 Å². The van der Waals surface area contributed by atoms with E-state index >= 15 is 0 Å². The van der Waals surface area contributed by atoms with Crippen molar-refractivity contribution in [2.45, 2.75) is 38.5 Å². The van der Waals surface area contributed by atoms with Gasteiger partial charge in [-0.25, -0.2) is 4.98 Å². The second-order valence-electron chi connectivity index (χ2n) is 9.75. The Labute approximate surface area is 232 Å². The van der Waals surface area contributed by atoms with E-state index < -0.39 is 5.60 Å². The van der Waals surface area contributed by atoms with Gasteiger partial charge in [-0.15, -0.1) is 0 Å². The summed E-state index contributed by atoms with van der Waals surface area (Å²) in [5.74, 6) is 0.326. The van der Waals surface area contributed by atoms with Crippen molar-refractivity contribution in [1.82, 2.24) is 10.3 Å². The van der Waals surface area contributed by atoms with Gasteiger partial charge in [-0.3, -0.25) is 4.79 Å². The zero-order valence-corrected chi connectivity index (χ0v) is 22.7. The molecule has 0 spiro atoms. The first-order chi connectivity index (χ1) is 18.3. The molecule has 0 radical (unpaired) electrons. The van der Waals surface area contributed by atoms with Gasteiger partial charge in [0.2, 0.25) is 11.8 Å². The van der Waals surface area contributed by atoms with Gasteiger partial charge in [0.05, 0.1) is 24.9 Å². The summed E-state index contributed by atoms with van der Waals surface area (Å²) in [6.45, 7) is 4.30. The molecular formula is C31H28Cl2N2O3. The van der Waals surface area contributed by atoms with Gasteiger partial charge in [0, 0.05) is 40.1 Å². The number of pyridine rings is 1. The summed E-state index contributed by atoms with van der Waals surface area (Å²) in [5, 5.41) is 4.32. The number of amides is 1. The molecule has 4 aromatic rings. The number of benzene rings is 3. The molecule has 0 saturated carbocycles. The Kier molecular flexibility index (Phi) is 7.70. The summed E-state index contributed by atoms with van der Waals surface area (Å²) in [5.41, 5.74) is 4.46. The lowest BCUT2D eigenvalue weighted by Gasteiger charge is -2.39. The van der Waals surface area contributed by atoms with Crippen LogP contribution >= 0.6 is 23.2 Å². The predicted octanol–water partition coefficient (Wildman–Crippen LogP) is 7.66. The van der Waals surface area contributed by atoms with Crippen LogP contribution in [0.2, 0.25) is 10.0 Å². The summed E-state index contributed by atoms with van der Waals surface area (Å²) in [6, 6.07) is 26.9. The topological polar surface area (TPSA) is 60.5 Å². The molecule has 1 N–H and O–H groups in total. The largest absolute Gasteiger partial charge is 0.469 e. The third-order valence-corrected chi connectivity index (χ3v) is 7.13. The lowest BCUT2D eigenvalue weighted by molar-refractivity contribution is -0.120. The lowest BCUT2D eigenvalue weighted by Crippen LogP contribution is -2.46. The van der Waals surface area contributed by atoms with E-state index in [0.717, 1.165) is 27.8 Å². The van der Waals surface area contributed by atoms with Gasteiger partial charge in [0.25, 0.3) is 0 Å². The van der Waals surface area contributed by atoms with Gasteiger partial charge < -0.3 is 14.8 Å². The number of aromatic nitrogens is 1. The van der Waals surface area contributed by atoms with Crippen LogP contribution in [0.4, 0.5) is 0 Å². The Hall–Kier alpha value is -3.38. The van der Waals surface area contributed by atoms with E-state index in [4.69, 9.17) is 37.7 Å².